The van der Waals surface area contributed by atoms with E-state index in [1.165, 1.54) is 135 Å². The summed E-state index contributed by atoms with van der Waals surface area (Å²) in [4.78, 5) is 72.7. The number of carbonyl (C=O) groups is 4. The lowest BCUT2D eigenvalue weighted by Crippen LogP contribution is -2.30. The molecule has 0 saturated carbocycles. The van der Waals surface area contributed by atoms with Crippen LogP contribution in [0.15, 0.2) is 24.3 Å². The summed E-state index contributed by atoms with van der Waals surface area (Å²) in [7, 11) is -9.92. The van der Waals surface area contributed by atoms with E-state index in [0.29, 0.717) is 25.7 Å². The van der Waals surface area contributed by atoms with Gasteiger partial charge in [-0.3, -0.25) is 37.3 Å². The van der Waals surface area contributed by atoms with Crippen molar-refractivity contribution in [3.63, 3.8) is 0 Å². The van der Waals surface area contributed by atoms with E-state index in [1.807, 2.05) is 0 Å². The van der Waals surface area contributed by atoms with Gasteiger partial charge in [0.15, 0.2) is 12.2 Å². The standard InChI is InChI=1S/C73H138O17P2/c1-8-11-12-13-14-15-16-17-18-19-24-27-33-42-49-56-72(77)89-69(61-84-71(76)55-48-41-36-35-39-46-53-66(7)10-3)63-88-92(81,82)86-59-67(74)58-85-91(79,80)87-62-68(90-73(78)57-50-43-34-29-28-31-38-45-52-65(6)9-2)60-83-70(75)54-47-40-32-26-23-21-20-22-25-30-37-44-51-64(4)5/h15-18,64-69,74H,8-14,19-63H2,1-7H3,(H,79,80)(H,81,82)/b16-15-,18-17-/t65?,66?,67-,68-,69-/m1/s1. The van der Waals surface area contributed by atoms with Crippen molar-refractivity contribution in [3.8, 4) is 0 Å². The molecule has 17 nitrogen and oxygen atoms in total. The topological polar surface area (TPSA) is 237 Å². The molecule has 0 aromatic rings. The monoisotopic (exact) mass is 1350 g/mol. The third kappa shape index (κ3) is 63.6. The van der Waals surface area contributed by atoms with Crippen LogP contribution in [0.4, 0.5) is 0 Å². The fraction of sp³-hybridized carbons (Fsp3) is 0.890. The first-order valence-electron chi connectivity index (χ1n) is 37.2. The maximum absolute atomic E-state index is 13.0. The number of carbonyl (C=O) groups excluding carboxylic acids is 4. The highest BCUT2D eigenvalue weighted by molar-refractivity contribution is 7.47. The van der Waals surface area contributed by atoms with Gasteiger partial charge in [-0.15, -0.1) is 0 Å². The SMILES string of the molecule is CCCCCC/C=C\C=C/CCCCCCCC(=O)O[C@H](COC(=O)CCCCCCCCC(C)CC)COP(=O)(O)OC[C@H](O)COP(=O)(O)OC[C@@H](COC(=O)CCCCCCCCCCCCCCC(C)C)OC(=O)CCCCCCCCCCC(C)CC. The van der Waals surface area contributed by atoms with Gasteiger partial charge in [0.2, 0.25) is 0 Å². The molecule has 0 fully saturated rings. The number of aliphatic hydroxyl groups is 1. The van der Waals surface area contributed by atoms with Gasteiger partial charge in [0, 0.05) is 25.7 Å². The summed E-state index contributed by atoms with van der Waals surface area (Å²) in [6.07, 6.45) is 50.7. The highest BCUT2D eigenvalue weighted by atomic mass is 31.2. The van der Waals surface area contributed by atoms with Crippen LogP contribution < -0.4 is 0 Å². The largest absolute Gasteiger partial charge is 0.472 e. The minimum atomic E-state index is -4.96. The molecule has 0 spiro atoms. The van der Waals surface area contributed by atoms with Gasteiger partial charge in [-0.1, -0.05) is 291 Å². The van der Waals surface area contributed by atoms with Crippen LogP contribution in [0.3, 0.4) is 0 Å². The van der Waals surface area contributed by atoms with Crippen molar-refractivity contribution in [1.82, 2.24) is 0 Å². The zero-order chi connectivity index (χ0) is 68.0. The zero-order valence-electron chi connectivity index (χ0n) is 59.5. The second-order valence-corrected chi connectivity index (χ2v) is 29.5. The number of hydrogen-bond donors (Lipinski definition) is 3. The normalized spacial score (nSPS) is 14.9. The van der Waals surface area contributed by atoms with Crippen molar-refractivity contribution < 1.29 is 80.2 Å². The van der Waals surface area contributed by atoms with Gasteiger partial charge >= 0.3 is 39.5 Å². The van der Waals surface area contributed by atoms with Gasteiger partial charge in [0.25, 0.3) is 0 Å². The summed E-state index contributed by atoms with van der Waals surface area (Å²) in [6.45, 7) is 11.8. The smallest absolute Gasteiger partial charge is 0.462 e. The molecule has 0 bridgehead atoms. The fourth-order valence-corrected chi connectivity index (χ4v) is 12.0. The Hall–Kier alpha value is -2.46. The van der Waals surface area contributed by atoms with Crippen molar-refractivity contribution in [2.24, 2.45) is 17.8 Å². The maximum Gasteiger partial charge on any atom is 0.472 e. The van der Waals surface area contributed by atoms with Gasteiger partial charge in [-0.05, 0) is 69.1 Å². The highest BCUT2D eigenvalue weighted by Gasteiger charge is 2.30. The average Bonchev–Trinajstić information content (AvgIpc) is 3.16. The highest BCUT2D eigenvalue weighted by Crippen LogP contribution is 2.45. The molecule has 4 unspecified atom stereocenters. The Balaban J connectivity index is 5.29. The third-order valence-corrected chi connectivity index (χ3v) is 18.9. The molecule has 0 aliphatic rings. The number of phosphoric ester groups is 2. The van der Waals surface area contributed by atoms with E-state index in [4.69, 9.17) is 37.0 Å². The van der Waals surface area contributed by atoms with Crippen molar-refractivity contribution in [2.75, 3.05) is 39.6 Å². The molecule has 3 N–H and O–H groups in total. The Labute approximate surface area is 561 Å². The summed E-state index contributed by atoms with van der Waals surface area (Å²) < 4.78 is 68.3. The Bertz CT molecular complexity index is 1900. The molecule has 542 valence electrons. The van der Waals surface area contributed by atoms with Gasteiger partial charge < -0.3 is 33.8 Å². The minimum Gasteiger partial charge on any atom is -0.462 e. The molecule has 0 saturated heterocycles. The molecular weight excluding hydrogens is 1210 g/mol. The van der Waals surface area contributed by atoms with E-state index in [2.05, 4.69) is 72.8 Å². The van der Waals surface area contributed by atoms with E-state index in [9.17, 15) is 43.2 Å². The molecule has 0 radical (unpaired) electrons. The van der Waals surface area contributed by atoms with Crippen LogP contribution in [0.25, 0.3) is 0 Å². The number of esters is 4. The second-order valence-electron chi connectivity index (χ2n) is 26.6. The first-order chi connectivity index (χ1) is 44.3. The maximum atomic E-state index is 13.0. The number of rotatable bonds is 69. The molecular formula is C73H138O17P2. The number of allylic oxidation sites excluding steroid dienone is 4. The van der Waals surface area contributed by atoms with E-state index in [1.54, 1.807) is 0 Å². The van der Waals surface area contributed by atoms with Crippen LogP contribution in [-0.4, -0.2) is 96.7 Å². The molecule has 0 heterocycles. The van der Waals surface area contributed by atoms with E-state index in [-0.39, 0.29) is 25.7 Å². The Morgan fingerprint density at radius 2 is 0.641 bits per heavy atom. The molecule has 19 heteroatoms. The number of hydrogen-bond acceptors (Lipinski definition) is 15. The Morgan fingerprint density at radius 1 is 0.359 bits per heavy atom. The molecule has 0 amide bonds. The number of phosphoric acid groups is 2. The number of ether oxygens (including phenoxy) is 4. The van der Waals surface area contributed by atoms with Gasteiger partial charge in [0.1, 0.15) is 19.3 Å². The van der Waals surface area contributed by atoms with Crippen LogP contribution in [0.1, 0.15) is 344 Å². The van der Waals surface area contributed by atoms with Crippen molar-refractivity contribution in [1.29, 1.82) is 0 Å². The average molecular weight is 1350 g/mol. The minimum absolute atomic E-state index is 0.0837. The third-order valence-electron chi connectivity index (χ3n) is 17.0. The van der Waals surface area contributed by atoms with Crippen LogP contribution in [-0.2, 0) is 65.4 Å². The lowest BCUT2D eigenvalue weighted by atomic mass is 9.99. The van der Waals surface area contributed by atoms with E-state index >= 15 is 0 Å². The van der Waals surface area contributed by atoms with Crippen LogP contribution in [0.5, 0.6) is 0 Å². The Morgan fingerprint density at radius 3 is 0.967 bits per heavy atom. The van der Waals surface area contributed by atoms with Crippen LogP contribution >= 0.6 is 15.6 Å². The summed E-state index contributed by atoms with van der Waals surface area (Å²) >= 11 is 0. The fourth-order valence-electron chi connectivity index (χ4n) is 10.5. The van der Waals surface area contributed by atoms with Crippen molar-refractivity contribution in [3.05, 3.63) is 24.3 Å². The van der Waals surface area contributed by atoms with Crippen molar-refractivity contribution in [2.45, 2.75) is 362 Å². The van der Waals surface area contributed by atoms with E-state index in [0.717, 1.165) is 127 Å². The first-order valence-corrected chi connectivity index (χ1v) is 40.2. The molecule has 0 aromatic carbocycles. The van der Waals surface area contributed by atoms with Gasteiger partial charge in [-0.2, -0.15) is 0 Å². The Kier molecular flexibility index (Phi) is 61.6. The molecule has 0 aliphatic carbocycles. The molecule has 0 aromatic heterocycles. The van der Waals surface area contributed by atoms with Crippen LogP contribution in [0, 0.1) is 17.8 Å². The van der Waals surface area contributed by atoms with Crippen LogP contribution in [0.2, 0.25) is 0 Å². The molecule has 0 aliphatic heterocycles. The molecule has 92 heavy (non-hydrogen) atoms. The first kappa shape index (κ1) is 89.5. The lowest BCUT2D eigenvalue weighted by molar-refractivity contribution is -0.161. The summed E-state index contributed by atoms with van der Waals surface area (Å²) in [6, 6.07) is 0. The van der Waals surface area contributed by atoms with Gasteiger partial charge in [0.05, 0.1) is 26.4 Å². The summed E-state index contributed by atoms with van der Waals surface area (Å²) in [5.74, 6) is 0.120. The second kappa shape index (κ2) is 63.3. The number of aliphatic hydroxyl groups excluding tert-OH is 1. The van der Waals surface area contributed by atoms with Crippen molar-refractivity contribution >= 4 is 39.5 Å². The molecule has 0 rings (SSSR count). The predicted octanol–water partition coefficient (Wildman–Crippen LogP) is 20.6. The van der Waals surface area contributed by atoms with E-state index < -0.39 is 97.5 Å². The van der Waals surface area contributed by atoms with Gasteiger partial charge in [-0.25, -0.2) is 9.13 Å². The summed E-state index contributed by atoms with van der Waals surface area (Å²) in [5.41, 5.74) is 0. The quantitative estimate of drug-likeness (QED) is 0.0169. The summed E-state index contributed by atoms with van der Waals surface area (Å²) in [5, 5.41) is 10.6. The lowest BCUT2D eigenvalue weighted by Gasteiger charge is -2.21. The zero-order valence-corrected chi connectivity index (χ0v) is 61.3. The number of unbranched alkanes of at least 4 members (excludes halogenated alkanes) is 32. The molecule has 7 atom stereocenters. The predicted molar refractivity (Wildman–Crippen MR) is 372 cm³/mol.